The van der Waals surface area contributed by atoms with Gasteiger partial charge >= 0.3 is 0 Å². The number of aromatic hydroxyl groups is 2. The van der Waals surface area contributed by atoms with E-state index in [1.165, 1.54) is 30.3 Å². The lowest BCUT2D eigenvalue weighted by Crippen LogP contribution is -2.19. The standard InChI is InChI=1S/C14H11FN2O3S/c15-7-3-1-4-8(11(7)13(16)21)17-14(20)12-9(18)5-2-6-10(12)19/h1-6,18-19H,(H2,16,21)(H,17,20). The van der Waals surface area contributed by atoms with Crippen molar-refractivity contribution < 1.29 is 19.4 Å². The summed E-state index contributed by atoms with van der Waals surface area (Å²) in [5.41, 5.74) is 5.04. The highest BCUT2D eigenvalue weighted by atomic mass is 32.1. The Bertz CT molecular complexity index is 714. The fraction of sp³-hybridized carbons (Fsp3) is 0. The quantitative estimate of drug-likeness (QED) is 0.652. The predicted molar refractivity (Wildman–Crippen MR) is 80.0 cm³/mol. The Morgan fingerprint density at radius 2 is 1.67 bits per heavy atom. The first-order valence-electron chi connectivity index (χ1n) is 5.82. The molecule has 0 aliphatic carbocycles. The van der Waals surface area contributed by atoms with Gasteiger partial charge in [-0.2, -0.15) is 0 Å². The first kappa shape index (κ1) is 14.7. The number of hydrogen-bond acceptors (Lipinski definition) is 4. The van der Waals surface area contributed by atoms with Gasteiger partial charge in [-0.3, -0.25) is 4.79 Å². The van der Waals surface area contributed by atoms with Gasteiger partial charge in [0.2, 0.25) is 0 Å². The molecule has 0 aliphatic rings. The van der Waals surface area contributed by atoms with Crippen molar-refractivity contribution in [3.8, 4) is 11.5 Å². The van der Waals surface area contributed by atoms with Crippen molar-refractivity contribution in [2.45, 2.75) is 0 Å². The number of rotatable bonds is 3. The van der Waals surface area contributed by atoms with Gasteiger partial charge in [-0.15, -0.1) is 0 Å². The molecule has 0 radical (unpaired) electrons. The zero-order valence-corrected chi connectivity index (χ0v) is 11.4. The van der Waals surface area contributed by atoms with Gasteiger partial charge in [0.1, 0.15) is 27.9 Å². The van der Waals surface area contributed by atoms with E-state index in [2.05, 4.69) is 5.32 Å². The molecular weight excluding hydrogens is 295 g/mol. The van der Waals surface area contributed by atoms with Gasteiger partial charge in [0, 0.05) is 0 Å². The predicted octanol–water partition coefficient (Wildman–Crippen LogP) is 2.12. The SMILES string of the molecule is NC(=S)c1c(F)cccc1NC(=O)c1c(O)cccc1O. The maximum absolute atomic E-state index is 13.7. The molecule has 2 aromatic rings. The van der Waals surface area contributed by atoms with E-state index >= 15 is 0 Å². The normalized spacial score (nSPS) is 10.1. The van der Waals surface area contributed by atoms with Crippen LogP contribution in [-0.2, 0) is 0 Å². The zero-order valence-electron chi connectivity index (χ0n) is 10.6. The van der Waals surface area contributed by atoms with Gasteiger partial charge in [0.15, 0.2) is 0 Å². The molecule has 5 nitrogen and oxygen atoms in total. The van der Waals surface area contributed by atoms with Gasteiger partial charge in [-0.25, -0.2) is 4.39 Å². The van der Waals surface area contributed by atoms with E-state index in [4.69, 9.17) is 18.0 Å². The van der Waals surface area contributed by atoms with Crippen molar-refractivity contribution in [3.05, 3.63) is 53.3 Å². The molecule has 5 N–H and O–H groups in total. The third-order valence-electron chi connectivity index (χ3n) is 2.76. The number of phenolic OH excluding ortho intramolecular Hbond substituents is 2. The average Bonchev–Trinajstić information content (AvgIpc) is 2.37. The van der Waals surface area contributed by atoms with E-state index in [1.54, 1.807) is 0 Å². The maximum atomic E-state index is 13.7. The molecular formula is C14H11FN2O3S. The third-order valence-corrected chi connectivity index (χ3v) is 2.96. The Morgan fingerprint density at radius 3 is 2.24 bits per heavy atom. The van der Waals surface area contributed by atoms with Crippen LogP contribution in [0.1, 0.15) is 15.9 Å². The number of nitrogens with two attached hydrogens (primary N) is 1. The number of anilines is 1. The first-order valence-corrected chi connectivity index (χ1v) is 6.23. The molecule has 0 saturated heterocycles. The second kappa shape index (κ2) is 5.76. The molecule has 0 fully saturated rings. The minimum atomic E-state index is -0.811. The second-order valence-corrected chi connectivity index (χ2v) is 4.59. The molecule has 0 atom stereocenters. The number of phenols is 2. The highest BCUT2D eigenvalue weighted by Gasteiger charge is 2.19. The lowest BCUT2D eigenvalue weighted by molar-refractivity contribution is 0.102. The van der Waals surface area contributed by atoms with Crippen LogP contribution in [0.3, 0.4) is 0 Å². The Kier molecular flexibility index (Phi) is 4.04. The molecule has 2 rings (SSSR count). The van der Waals surface area contributed by atoms with E-state index in [0.29, 0.717) is 0 Å². The lowest BCUT2D eigenvalue weighted by atomic mass is 10.1. The summed E-state index contributed by atoms with van der Waals surface area (Å²) < 4.78 is 13.7. The number of amides is 1. The average molecular weight is 306 g/mol. The summed E-state index contributed by atoms with van der Waals surface area (Å²) in [6, 6.07) is 7.80. The number of carbonyl (C=O) groups excluding carboxylic acids is 1. The zero-order chi connectivity index (χ0) is 15.6. The van der Waals surface area contributed by atoms with E-state index in [9.17, 15) is 19.4 Å². The molecule has 0 heterocycles. The topological polar surface area (TPSA) is 95.6 Å². The Labute approximate surface area is 124 Å². The van der Waals surface area contributed by atoms with Gasteiger partial charge in [0.05, 0.1) is 11.3 Å². The summed E-state index contributed by atoms with van der Waals surface area (Å²) in [4.78, 5) is 11.9. The number of carbonyl (C=O) groups is 1. The van der Waals surface area contributed by atoms with Gasteiger partial charge in [0.25, 0.3) is 5.91 Å². The first-order chi connectivity index (χ1) is 9.91. The molecule has 0 aliphatic heterocycles. The smallest absolute Gasteiger partial charge is 0.263 e. The molecule has 2 aromatic carbocycles. The largest absolute Gasteiger partial charge is 0.507 e. The molecule has 0 saturated carbocycles. The minimum Gasteiger partial charge on any atom is -0.507 e. The van der Waals surface area contributed by atoms with Crippen LogP contribution in [0.2, 0.25) is 0 Å². The van der Waals surface area contributed by atoms with Crippen molar-refractivity contribution in [1.82, 2.24) is 0 Å². The number of thiocarbonyl (C=S) groups is 1. The van der Waals surface area contributed by atoms with Crippen LogP contribution in [0, 0.1) is 5.82 Å². The van der Waals surface area contributed by atoms with Crippen LogP contribution < -0.4 is 11.1 Å². The number of halogens is 1. The second-order valence-electron chi connectivity index (χ2n) is 4.15. The Hall–Kier alpha value is -2.67. The third kappa shape index (κ3) is 2.92. The van der Waals surface area contributed by atoms with Crippen LogP contribution in [0.5, 0.6) is 11.5 Å². The summed E-state index contributed by atoms with van der Waals surface area (Å²) >= 11 is 4.75. The molecule has 0 spiro atoms. The fourth-order valence-electron chi connectivity index (χ4n) is 1.82. The lowest BCUT2D eigenvalue weighted by Gasteiger charge is -2.12. The summed E-state index contributed by atoms with van der Waals surface area (Å²) in [5, 5.41) is 21.6. The molecule has 1 amide bonds. The van der Waals surface area contributed by atoms with Crippen molar-refractivity contribution in [2.75, 3.05) is 5.32 Å². The summed E-state index contributed by atoms with van der Waals surface area (Å²) in [6.45, 7) is 0. The monoisotopic (exact) mass is 306 g/mol. The van der Waals surface area contributed by atoms with Crippen molar-refractivity contribution in [3.63, 3.8) is 0 Å². The van der Waals surface area contributed by atoms with Crippen molar-refractivity contribution >= 4 is 28.8 Å². The highest BCUT2D eigenvalue weighted by Crippen LogP contribution is 2.28. The van der Waals surface area contributed by atoms with Crippen LogP contribution in [0.15, 0.2) is 36.4 Å². The van der Waals surface area contributed by atoms with E-state index in [-0.39, 0.29) is 21.8 Å². The number of benzene rings is 2. The molecule has 21 heavy (non-hydrogen) atoms. The van der Waals surface area contributed by atoms with Crippen LogP contribution in [0.4, 0.5) is 10.1 Å². The fourth-order valence-corrected chi connectivity index (χ4v) is 2.03. The van der Waals surface area contributed by atoms with Crippen molar-refractivity contribution in [2.24, 2.45) is 5.73 Å². The summed E-state index contributed by atoms with van der Waals surface area (Å²) in [5.74, 6) is -2.29. The van der Waals surface area contributed by atoms with E-state index in [0.717, 1.165) is 6.07 Å². The van der Waals surface area contributed by atoms with Crippen molar-refractivity contribution in [1.29, 1.82) is 0 Å². The van der Waals surface area contributed by atoms with Crippen LogP contribution in [-0.4, -0.2) is 21.1 Å². The Balaban J connectivity index is 2.42. The Morgan fingerprint density at radius 1 is 1.10 bits per heavy atom. The molecule has 7 heteroatoms. The number of hydrogen-bond donors (Lipinski definition) is 4. The summed E-state index contributed by atoms with van der Waals surface area (Å²) in [6.07, 6.45) is 0. The highest BCUT2D eigenvalue weighted by molar-refractivity contribution is 7.80. The molecule has 0 bridgehead atoms. The minimum absolute atomic E-state index is 0.0511. The van der Waals surface area contributed by atoms with Crippen LogP contribution >= 0.6 is 12.2 Å². The van der Waals surface area contributed by atoms with Gasteiger partial charge in [-0.1, -0.05) is 24.4 Å². The molecule has 0 aromatic heterocycles. The summed E-state index contributed by atoms with van der Waals surface area (Å²) in [7, 11) is 0. The van der Waals surface area contributed by atoms with Gasteiger partial charge < -0.3 is 21.3 Å². The molecule has 0 unspecified atom stereocenters. The van der Waals surface area contributed by atoms with E-state index in [1.807, 2.05) is 0 Å². The molecule has 108 valence electrons. The number of nitrogens with one attached hydrogen (secondary N) is 1. The maximum Gasteiger partial charge on any atom is 0.263 e. The van der Waals surface area contributed by atoms with Crippen LogP contribution in [0.25, 0.3) is 0 Å². The van der Waals surface area contributed by atoms with Gasteiger partial charge in [-0.05, 0) is 24.3 Å². The van der Waals surface area contributed by atoms with E-state index < -0.39 is 23.2 Å².